The van der Waals surface area contributed by atoms with Gasteiger partial charge in [-0.25, -0.2) is 0 Å². The van der Waals surface area contributed by atoms with Gasteiger partial charge in [-0.15, -0.1) is 0 Å². The molecule has 3 heteroatoms. The first kappa shape index (κ1) is 11.5. The highest BCUT2D eigenvalue weighted by Crippen LogP contribution is 2.28. The van der Waals surface area contributed by atoms with Gasteiger partial charge in [-0.3, -0.25) is 4.98 Å². The molecule has 1 aromatic heterocycles. The Hall–Kier alpha value is -2.55. The summed E-state index contributed by atoms with van der Waals surface area (Å²) in [6.45, 7) is 2.05. The number of nitrogen functional groups attached to an aromatic ring is 1. The van der Waals surface area contributed by atoms with E-state index in [4.69, 9.17) is 5.73 Å². The quantitative estimate of drug-likeness (QED) is 0.678. The average Bonchev–Trinajstić information content (AvgIpc) is 2.43. The number of nitrogens with two attached hydrogens (primary N) is 1. The molecule has 0 unspecified atom stereocenters. The standard InChI is InChI=1S/C16H15N3/c1-11-7-8-13(17)15(10-11)19-14-6-2-4-12-5-3-9-18-16(12)14/h2-10,19H,17H2,1H3. The van der Waals surface area contributed by atoms with Crippen LogP contribution in [0.25, 0.3) is 10.9 Å². The van der Waals surface area contributed by atoms with Gasteiger partial charge in [0.05, 0.1) is 22.6 Å². The molecule has 0 amide bonds. The molecule has 19 heavy (non-hydrogen) atoms. The Balaban J connectivity index is 2.08. The average molecular weight is 249 g/mol. The molecule has 3 aromatic rings. The van der Waals surface area contributed by atoms with Crippen molar-refractivity contribution in [3.63, 3.8) is 0 Å². The van der Waals surface area contributed by atoms with E-state index in [9.17, 15) is 0 Å². The summed E-state index contributed by atoms with van der Waals surface area (Å²) in [7, 11) is 0. The van der Waals surface area contributed by atoms with Crippen molar-refractivity contribution in [2.45, 2.75) is 6.92 Å². The Labute approximate surface area is 112 Å². The number of pyridine rings is 1. The molecule has 0 aliphatic heterocycles. The second-order valence-electron chi connectivity index (χ2n) is 4.60. The first-order chi connectivity index (χ1) is 9.24. The summed E-state index contributed by atoms with van der Waals surface area (Å²) in [5.41, 5.74) is 10.7. The molecule has 94 valence electrons. The van der Waals surface area contributed by atoms with Crippen LogP contribution in [-0.2, 0) is 0 Å². The summed E-state index contributed by atoms with van der Waals surface area (Å²) in [5, 5.41) is 4.48. The second-order valence-corrected chi connectivity index (χ2v) is 4.60. The predicted octanol–water partition coefficient (Wildman–Crippen LogP) is 3.87. The van der Waals surface area contributed by atoms with Gasteiger partial charge in [-0.05, 0) is 36.8 Å². The first-order valence-electron chi connectivity index (χ1n) is 6.21. The van der Waals surface area contributed by atoms with E-state index < -0.39 is 0 Å². The molecule has 0 saturated carbocycles. The number of nitrogens with one attached hydrogen (secondary N) is 1. The first-order valence-corrected chi connectivity index (χ1v) is 6.21. The summed E-state index contributed by atoms with van der Waals surface area (Å²) in [6, 6.07) is 16.0. The van der Waals surface area contributed by atoms with Crippen LogP contribution in [0.2, 0.25) is 0 Å². The Kier molecular flexibility index (Phi) is 2.80. The number of aryl methyl sites for hydroxylation is 1. The predicted molar refractivity (Wildman–Crippen MR) is 80.6 cm³/mol. The number of benzene rings is 2. The molecule has 3 N–H and O–H groups in total. The number of aromatic nitrogens is 1. The van der Waals surface area contributed by atoms with Gasteiger partial charge < -0.3 is 11.1 Å². The van der Waals surface area contributed by atoms with E-state index >= 15 is 0 Å². The molecular formula is C16H15N3. The fourth-order valence-corrected chi connectivity index (χ4v) is 2.13. The summed E-state index contributed by atoms with van der Waals surface area (Å²) in [5.74, 6) is 0. The van der Waals surface area contributed by atoms with Gasteiger partial charge in [0, 0.05) is 11.6 Å². The maximum atomic E-state index is 6.00. The van der Waals surface area contributed by atoms with Gasteiger partial charge in [-0.2, -0.15) is 0 Å². The number of rotatable bonds is 2. The number of fused-ring (bicyclic) bond motifs is 1. The molecule has 0 bridgehead atoms. The third kappa shape index (κ3) is 2.22. The van der Waals surface area contributed by atoms with Crippen LogP contribution in [0.3, 0.4) is 0 Å². The van der Waals surface area contributed by atoms with E-state index in [2.05, 4.69) is 10.3 Å². The van der Waals surface area contributed by atoms with Crippen LogP contribution in [0, 0.1) is 6.92 Å². The maximum Gasteiger partial charge on any atom is 0.0936 e. The molecule has 3 rings (SSSR count). The van der Waals surface area contributed by atoms with Crippen LogP contribution in [0.4, 0.5) is 17.1 Å². The lowest BCUT2D eigenvalue weighted by atomic mass is 10.1. The van der Waals surface area contributed by atoms with E-state index in [0.29, 0.717) is 0 Å². The van der Waals surface area contributed by atoms with Gasteiger partial charge in [0.2, 0.25) is 0 Å². The smallest absolute Gasteiger partial charge is 0.0936 e. The zero-order valence-corrected chi connectivity index (χ0v) is 10.7. The molecule has 0 fully saturated rings. The van der Waals surface area contributed by atoms with Crippen LogP contribution >= 0.6 is 0 Å². The van der Waals surface area contributed by atoms with E-state index in [1.54, 1.807) is 6.20 Å². The molecule has 2 aromatic carbocycles. The topological polar surface area (TPSA) is 50.9 Å². The van der Waals surface area contributed by atoms with Crippen LogP contribution in [-0.4, -0.2) is 4.98 Å². The van der Waals surface area contributed by atoms with E-state index in [1.165, 1.54) is 5.56 Å². The van der Waals surface area contributed by atoms with Crippen LogP contribution in [0.15, 0.2) is 54.7 Å². The second kappa shape index (κ2) is 4.61. The van der Waals surface area contributed by atoms with E-state index in [1.807, 2.05) is 55.5 Å². The summed E-state index contributed by atoms with van der Waals surface area (Å²) < 4.78 is 0. The fraction of sp³-hybridized carbons (Fsp3) is 0.0625. The Morgan fingerprint density at radius 2 is 1.84 bits per heavy atom. The lowest BCUT2D eigenvalue weighted by Crippen LogP contribution is -1.98. The van der Waals surface area contributed by atoms with Crippen molar-refractivity contribution in [1.82, 2.24) is 4.98 Å². The molecule has 3 nitrogen and oxygen atoms in total. The largest absolute Gasteiger partial charge is 0.397 e. The van der Waals surface area contributed by atoms with Crippen molar-refractivity contribution in [2.24, 2.45) is 0 Å². The third-order valence-corrected chi connectivity index (χ3v) is 3.11. The van der Waals surface area contributed by atoms with Crippen molar-refractivity contribution in [3.05, 3.63) is 60.3 Å². The summed E-state index contributed by atoms with van der Waals surface area (Å²) in [4.78, 5) is 4.43. The van der Waals surface area contributed by atoms with Crippen molar-refractivity contribution in [3.8, 4) is 0 Å². The lowest BCUT2D eigenvalue weighted by Gasteiger charge is -2.12. The van der Waals surface area contributed by atoms with Crippen molar-refractivity contribution in [2.75, 3.05) is 11.1 Å². The summed E-state index contributed by atoms with van der Waals surface area (Å²) >= 11 is 0. The van der Waals surface area contributed by atoms with Gasteiger partial charge in [0.25, 0.3) is 0 Å². The number of hydrogen-bond donors (Lipinski definition) is 2. The van der Waals surface area contributed by atoms with E-state index in [-0.39, 0.29) is 0 Å². The number of anilines is 3. The zero-order chi connectivity index (χ0) is 13.2. The van der Waals surface area contributed by atoms with Gasteiger partial charge in [0.15, 0.2) is 0 Å². The number of hydrogen-bond acceptors (Lipinski definition) is 3. The molecular weight excluding hydrogens is 234 g/mol. The minimum Gasteiger partial charge on any atom is -0.397 e. The number of para-hydroxylation sites is 1. The minimum atomic E-state index is 0.735. The summed E-state index contributed by atoms with van der Waals surface area (Å²) in [6.07, 6.45) is 1.80. The Morgan fingerprint density at radius 3 is 2.74 bits per heavy atom. The maximum absolute atomic E-state index is 6.00. The third-order valence-electron chi connectivity index (χ3n) is 3.11. The van der Waals surface area contributed by atoms with Gasteiger partial charge in [0.1, 0.15) is 0 Å². The minimum absolute atomic E-state index is 0.735. The normalized spacial score (nSPS) is 10.6. The lowest BCUT2D eigenvalue weighted by molar-refractivity contribution is 1.40. The van der Waals surface area contributed by atoms with Crippen LogP contribution in [0.1, 0.15) is 5.56 Å². The van der Waals surface area contributed by atoms with E-state index in [0.717, 1.165) is 28.0 Å². The molecule has 0 radical (unpaired) electrons. The van der Waals surface area contributed by atoms with Crippen molar-refractivity contribution < 1.29 is 0 Å². The van der Waals surface area contributed by atoms with Crippen LogP contribution < -0.4 is 11.1 Å². The Bertz CT molecular complexity index is 730. The van der Waals surface area contributed by atoms with Gasteiger partial charge in [-0.1, -0.05) is 24.3 Å². The molecule has 0 atom stereocenters. The highest BCUT2D eigenvalue weighted by Gasteiger charge is 2.04. The highest BCUT2D eigenvalue weighted by atomic mass is 14.9. The van der Waals surface area contributed by atoms with Gasteiger partial charge >= 0.3 is 0 Å². The highest BCUT2D eigenvalue weighted by molar-refractivity contribution is 5.93. The molecule has 1 heterocycles. The van der Waals surface area contributed by atoms with Crippen molar-refractivity contribution in [1.29, 1.82) is 0 Å². The SMILES string of the molecule is Cc1ccc(N)c(Nc2cccc3cccnc23)c1. The Morgan fingerprint density at radius 1 is 1.00 bits per heavy atom. The molecule has 0 aliphatic rings. The van der Waals surface area contributed by atoms with Crippen LogP contribution in [0.5, 0.6) is 0 Å². The van der Waals surface area contributed by atoms with Crippen molar-refractivity contribution >= 4 is 28.0 Å². The molecule has 0 spiro atoms. The monoisotopic (exact) mass is 249 g/mol. The molecule has 0 aliphatic carbocycles. The fourth-order valence-electron chi connectivity index (χ4n) is 2.13. The molecule has 0 saturated heterocycles. The number of nitrogens with zero attached hydrogens (tertiary/aromatic N) is 1. The zero-order valence-electron chi connectivity index (χ0n) is 10.7.